The van der Waals surface area contributed by atoms with Gasteiger partial charge in [0.1, 0.15) is 6.33 Å². The molecule has 1 heterocycles. The third kappa shape index (κ3) is 4.78. The summed E-state index contributed by atoms with van der Waals surface area (Å²) in [5, 5.41) is 12.6. The smallest absolute Gasteiger partial charge is 0.230 e. The molecule has 0 unspecified atom stereocenters. The first kappa shape index (κ1) is 18.8. The van der Waals surface area contributed by atoms with Gasteiger partial charge < -0.3 is 5.32 Å². The predicted molar refractivity (Wildman–Crippen MR) is 105 cm³/mol. The summed E-state index contributed by atoms with van der Waals surface area (Å²) in [7, 11) is 0. The van der Waals surface area contributed by atoms with E-state index in [2.05, 4.69) is 15.5 Å². The van der Waals surface area contributed by atoms with Gasteiger partial charge in [0.05, 0.1) is 5.75 Å². The molecule has 3 aromatic rings. The van der Waals surface area contributed by atoms with Gasteiger partial charge in [0.2, 0.25) is 5.91 Å². The molecular formula is C18H16Cl2N4OS. The predicted octanol–water partition coefficient (Wildman–Crippen LogP) is 4.29. The summed E-state index contributed by atoms with van der Waals surface area (Å²) in [6, 6.07) is 13.2. The van der Waals surface area contributed by atoms with Gasteiger partial charge in [-0.15, -0.1) is 10.2 Å². The van der Waals surface area contributed by atoms with Crippen LogP contribution in [0.4, 0.5) is 0 Å². The highest BCUT2D eigenvalue weighted by Crippen LogP contribution is 2.22. The number of carbonyl (C=O) groups excluding carboxylic acids is 1. The van der Waals surface area contributed by atoms with E-state index in [9.17, 15) is 4.79 Å². The summed E-state index contributed by atoms with van der Waals surface area (Å²) in [5.41, 5.74) is 2.95. The summed E-state index contributed by atoms with van der Waals surface area (Å²) in [6.45, 7) is 2.38. The molecule has 0 fully saturated rings. The van der Waals surface area contributed by atoms with E-state index >= 15 is 0 Å². The van der Waals surface area contributed by atoms with E-state index < -0.39 is 0 Å². The lowest BCUT2D eigenvalue weighted by atomic mass is 10.2. The lowest BCUT2D eigenvalue weighted by Gasteiger charge is -2.08. The van der Waals surface area contributed by atoms with Crippen LogP contribution in [0.2, 0.25) is 10.0 Å². The van der Waals surface area contributed by atoms with Gasteiger partial charge in [-0.1, -0.05) is 58.7 Å². The highest BCUT2D eigenvalue weighted by Gasteiger charge is 2.11. The normalized spacial score (nSPS) is 10.7. The molecule has 3 rings (SSSR count). The van der Waals surface area contributed by atoms with Crippen molar-refractivity contribution in [3.63, 3.8) is 0 Å². The number of aryl methyl sites for hydroxylation is 1. The van der Waals surface area contributed by atoms with E-state index in [-0.39, 0.29) is 11.7 Å². The SMILES string of the molecule is Cc1ccc(-n2cnnc2SCC(=O)NCc2ccc(Cl)cc2Cl)cc1. The number of amides is 1. The van der Waals surface area contributed by atoms with Crippen LogP contribution in [-0.4, -0.2) is 26.4 Å². The fraction of sp³-hybridized carbons (Fsp3) is 0.167. The number of nitrogens with one attached hydrogen (secondary N) is 1. The molecule has 0 spiro atoms. The Morgan fingerprint density at radius 2 is 1.96 bits per heavy atom. The molecular weight excluding hydrogens is 391 g/mol. The molecule has 0 aliphatic rings. The third-order valence-electron chi connectivity index (χ3n) is 3.65. The van der Waals surface area contributed by atoms with Crippen LogP contribution in [-0.2, 0) is 11.3 Å². The number of halogens is 2. The second-order valence-corrected chi connectivity index (χ2v) is 7.41. The maximum Gasteiger partial charge on any atom is 0.230 e. The lowest BCUT2D eigenvalue weighted by Crippen LogP contribution is -2.24. The number of hydrogen-bond acceptors (Lipinski definition) is 4. The van der Waals surface area contributed by atoms with Crippen molar-refractivity contribution in [2.45, 2.75) is 18.6 Å². The molecule has 26 heavy (non-hydrogen) atoms. The van der Waals surface area contributed by atoms with E-state index in [4.69, 9.17) is 23.2 Å². The third-order valence-corrected chi connectivity index (χ3v) is 5.18. The fourth-order valence-corrected chi connectivity index (χ4v) is 3.48. The maximum atomic E-state index is 12.1. The molecule has 0 aliphatic heterocycles. The minimum absolute atomic E-state index is 0.112. The van der Waals surface area contributed by atoms with Crippen molar-refractivity contribution in [3.05, 3.63) is 70.0 Å². The van der Waals surface area contributed by atoms with Crippen LogP contribution in [0.3, 0.4) is 0 Å². The number of aromatic nitrogens is 3. The van der Waals surface area contributed by atoms with Crippen LogP contribution in [0.5, 0.6) is 0 Å². The quantitative estimate of drug-likeness (QED) is 0.620. The van der Waals surface area contributed by atoms with Crippen molar-refractivity contribution >= 4 is 40.9 Å². The summed E-state index contributed by atoms with van der Waals surface area (Å²) in [4.78, 5) is 12.1. The Balaban J connectivity index is 1.57. The average Bonchev–Trinajstić information content (AvgIpc) is 3.08. The summed E-state index contributed by atoms with van der Waals surface area (Å²) >= 11 is 13.3. The van der Waals surface area contributed by atoms with Crippen molar-refractivity contribution in [2.24, 2.45) is 0 Å². The summed E-state index contributed by atoms with van der Waals surface area (Å²) in [5.74, 6) is 0.120. The highest BCUT2D eigenvalue weighted by atomic mass is 35.5. The number of hydrogen-bond donors (Lipinski definition) is 1. The molecule has 0 saturated carbocycles. The molecule has 5 nitrogen and oxygen atoms in total. The van der Waals surface area contributed by atoms with Crippen LogP contribution < -0.4 is 5.32 Å². The van der Waals surface area contributed by atoms with Gasteiger partial charge >= 0.3 is 0 Å². The van der Waals surface area contributed by atoms with Crippen molar-refractivity contribution < 1.29 is 4.79 Å². The first-order valence-corrected chi connectivity index (χ1v) is 9.57. The Morgan fingerprint density at radius 1 is 1.19 bits per heavy atom. The molecule has 0 atom stereocenters. The van der Waals surface area contributed by atoms with E-state index in [0.717, 1.165) is 11.3 Å². The van der Waals surface area contributed by atoms with Crippen molar-refractivity contribution in [1.29, 1.82) is 0 Å². The van der Waals surface area contributed by atoms with Gasteiger partial charge in [-0.3, -0.25) is 9.36 Å². The Hall–Kier alpha value is -2.02. The number of rotatable bonds is 6. The van der Waals surface area contributed by atoms with Gasteiger partial charge in [-0.05, 0) is 36.8 Å². The highest BCUT2D eigenvalue weighted by molar-refractivity contribution is 7.99. The van der Waals surface area contributed by atoms with E-state index in [1.807, 2.05) is 35.8 Å². The number of nitrogens with zero attached hydrogens (tertiary/aromatic N) is 3. The van der Waals surface area contributed by atoms with Crippen molar-refractivity contribution in [1.82, 2.24) is 20.1 Å². The minimum Gasteiger partial charge on any atom is -0.351 e. The largest absolute Gasteiger partial charge is 0.351 e. The second-order valence-electron chi connectivity index (χ2n) is 5.62. The Kier molecular flexibility index (Phi) is 6.19. The van der Waals surface area contributed by atoms with E-state index in [1.165, 1.54) is 17.3 Å². The van der Waals surface area contributed by atoms with Crippen LogP contribution in [0.15, 0.2) is 53.9 Å². The number of carbonyl (C=O) groups is 1. The molecule has 8 heteroatoms. The molecule has 1 aromatic heterocycles. The zero-order chi connectivity index (χ0) is 18.5. The monoisotopic (exact) mass is 406 g/mol. The number of thioether (sulfide) groups is 1. The maximum absolute atomic E-state index is 12.1. The Morgan fingerprint density at radius 3 is 2.69 bits per heavy atom. The Bertz CT molecular complexity index is 912. The average molecular weight is 407 g/mol. The summed E-state index contributed by atoms with van der Waals surface area (Å²) < 4.78 is 1.85. The first-order valence-electron chi connectivity index (χ1n) is 7.83. The fourth-order valence-electron chi connectivity index (χ4n) is 2.25. The minimum atomic E-state index is -0.112. The van der Waals surface area contributed by atoms with E-state index in [1.54, 1.807) is 24.5 Å². The van der Waals surface area contributed by atoms with Crippen molar-refractivity contribution in [3.8, 4) is 5.69 Å². The molecule has 1 N–H and O–H groups in total. The zero-order valence-corrected chi connectivity index (χ0v) is 16.3. The molecule has 2 aromatic carbocycles. The van der Waals surface area contributed by atoms with E-state index in [0.29, 0.717) is 21.7 Å². The molecule has 0 saturated heterocycles. The van der Waals surface area contributed by atoms with Crippen molar-refractivity contribution in [2.75, 3.05) is 5.75 Å². The second kappa shape index (κ2) is 8.58. The molecule has 0 aliphatic carbocycles. The molecule has 134 valence electrons. The van der Waals surface area contributed by atoms with Gasteiger partial charge in [-0.25, -0.2) is 0 Å². The van der Waals surface area contributed by atoms with Crippen LogP contribution in [0.25, 0.3) is 5.69 Å². The zero-order valence-electron chi connectivity index (χ0n) is 13.9. The van der Waals surface area contributed by atoms with Crippen LogP contribution in [0, 0.1) is 6.92 Å². The first-order chi connectivity index (χ1) is 12.5. The molecule has 0 radical (unpaired) electrons. The van der Waals surface area contributed by atoms with Gasteiger partial charge in [0.15, 0.2) is 5.16 Å². The van der Waals surface area contributed by atoms with Gasteiger partial charge in [0.25, 0.3) is 0 Å². The summed E-state index contributed by atoms with van der Waals surface area (Å²) in [6.07, 6.45) is 1.64. The van der Waals surface area contributed by atoms with Crippen LogP contribution in [0.1, 0.15) is 11.1 Å². The van der Waals surface area contributed by atoms with Gasteiger partial charge in [0, 0.05) is 22.3 Å². The van der Waals surface area contributed by atoms with Crippen LogP contribution >= 0.6 is 35.0 Å². The number of benzene rings is 2. The van der Waals surface area contributed by atoms with Gasteiger partial charge in [-0.2, -0.15) is 0 Å². The molecule has 0 bridgehead atoms. The lowest BCUT2D eigenvalue weighted by molar-refractivity contribution is -0.118. The topological polar surface area (TPSA) is 59.8 Å². The standard InChI is InChI=1S/C18H16Cl2N4OS/c1-12-2-6-15(7-3-12)24-11-22-23-18(24)26-10-17(25)21-9-13-4-5-14(19)8-16(13)20/h2-8,11H,9-10H2,1H3,(H,21,25). The molecule has 1 amide bonds. The Labute approximate surface area is 165 Å².